The van der Waals surface area contributed by atoms with Crippen molar-refractivity contribution < 1.29 is 18.7 Å². The second-order valence-corrected chi connectivity index (χ2v) is 8.59. The molecule has 2 N–H and O–H groups in total. The Balaban J connectivity index is 1.46. The van der Waals surface area contributed by atoms with Crippen LogP contribution in [0, 0.1) is 23.2 Å². The summed E-state index contributed by atoms with van der Waals surface area (Å²) in [5.74, 6) is -0.187. The highest BCUT2D eigenvalue weighted by Crippen LogP contribution is 2.40. The number of pyridine rings is 1. The first-order chi connectivity index (χ1) is 15.9. The molecule has 0 bridgehead atoms. The molecule has 0 spiro atoms. The topological polar surface area (TPSA) is 107 Å². The molecule has 2 aromatic rings. The monoisotopic (exact) mass is 451 g/mol. The Morgan fingerprint density at radius 2 is 2.03 bits per heavy atom. The Morgan fingerprint density at radius 1 is 1.24 bits per heavy atom. The van der Waals surface area contributed by atoms with Gasteiger partial charge >= 0.3 is 0 Å². The van der Waals surface area contributed by atoms with Crippen LogP contribution in [-0.4, -0.2) is 61.2 Å². The molecule has 9 heteroatoms. The molecule has 1 aromatic carbocycles. The van der Waals surface area contributed by atoms with Crippen molar-refractivity contribution in [1.29, 1.82) is 5.26 Å². The molecule has 1 aromatic heterocycles. The first-order valence-corrected chi connectivity index (χ1v) is 10.9. The third-order valence-electron chi connectivity index (χ3n) is 5.96. The molecule has 1 saturated carbocycles. The van der Waals surface area contributed by atoms with Crippen LogP contribution in [0.15, 0.2) is 36.5 Å². The number of ether oxygens (including phenoxy) is 1. The van der Waals surface area contributed by atoms with Crippen molar-refractivity contribution in [1.82, 2.24) is 15.2 Å². The minimum Gasteiger partial charge on any atom is -0.486 e. The number of carbonyl (C=O) groups is 2. The van der Waals surface area contributed by atoms with Crippen LogP contribution in [0.2, 0.25) is 0 Å². The number of alkyl halides is 1. The molecule has 4 atom stereocenters. The van der Waals surface area contributed by atoms with Gasteiger partial charge in [0.25, 0.3) is 0 Å². The SMILES string of the molecule is CN(C)C(=O)C1CC1C(=O)Nc1cc(-c2ccc(O[C@H]3CCNC[C@H]3F)c(C#N)c2)ccn1. The molecular formula is C24H26FN5O3. The number of aromatic nitrogens is 1. The number of halogens is 1. The lowest BCUT2D eigenvalue weighted by molar-refractivity contribution is -0.131. The number of amides is 2. The third kappa shape index (κ3) is 5.12. The lowest BCUT2D eigenvalue weighted by Gasteiger charge is -2.27. The lowest BCUT2D eigenvalue weighted by atomic mass is 10.0. The average Bonchev–Trinajstić information content (AvgIpc) is 3.61. The van der Waals surface area contributed by atoms with E-state index in [0.717, 1.165) is 11.1 Å². The molecule has 2 heterocycles. The second-order valence-electron chi connectivity index (χ2n) is 8.59. The maximum absolute atomic E-state index is 14.1. The fourth-order valence-corrected chi connectivity index (χ4v) is 3.98. The van der Waals surface area contributed by atoms with E-state index in [1.165, 1.54) is 4.90 Å². The largest absolute Gasteiger partial charge is 0.486 e. The number of rotatable bonds is 6. The molecular weight excluding hydrogens is 425 g/mol. The number of hydrogen-bond acceptors (Lipinski definition) is 6. The van der Waals surface area contributed by atoms with E-state index in [9.17, 15) is 19.2 Å². The van der Waals surface area contributed by atoms with Crippen molar-refractivity contribution in [2.45, 2.75) is 25.1 Å². The van der Waals surface area contributed by atoms with E-state index < -0.39 is 12.3 Å². The summed E-state index contributed by atoms with van der Waals surface area (Å²) >= 11 is 0. The summed E-state index contributed by atoms with van der Waals surface area (Å²) in [6, 6.07) is 10.7. The molecule has 2 amide bonds. The van der Waals surface area contributed by atoms with Crippen LogP contribution in [0.25, 0.3) is 11.1 Å². The van der Waals surface area contributed by atoms with Gasteiger partial charge in [-0.3, -0.25) is 9.59 Å². The van der Waals surface area contributed by atoms with Gasteiger partial charge in [0.15, 0.2) is 0 Å². The molecule has 2 fully saturated rings. The smallest absolute Gasteiger partial charge is 0.229 e. The summed E-state index contributed by atoms with van der Waals surface area (Å²) < 4.78 is 19.9. The van der Waals surface area contributed by atoms with Crippen molar-refractivity contribution >= 4 is 17.6 Å². The van der Waals surface area contributed by atoms with Crippen molar-refractivity contribution in [3.63, 3.8) is 0 Å². The highest BCUT2D eigenvalue weighted by atomic mass is 19.1. The zero-order valence-electron chi connectivity index (χ0n) is 18.5. The van der Waals surface area contributed by atoms with Gasteiger partial charge in [0.05, 0.1) is 17.4 Å². The van der Waals surface area contributed by atoms with Gasteiger partial charge < -0.3 is 20.3 Å². The van der Waals surface area contributed by atoms with E-state index in [-0.39, 0.29) is 30.2 Å². The summed E-state index contributed by atoms with van der Waals surface area (Å²) in [4.78, 5) is 30.2. The average molecular weight is 452 g/mol. The van der Waals surface area contributed by atoms with Gasteiger partial charge in [-0.25, -0.2) is 9.37 Å². The first-order valence-electron chi connectivity index (χ1n) is 10.9. The van der Waals surface area contributed by atoms with Crippen molar-refractivity contribution in [3.05, 3.63) is 42.1 Å². The van der Waals surface area contributed by atoms with Gasteiger partial charge in [-0.15, -0.1) is 0 Å². The third-order valence-corrected chi connectivity index (χ3v) is 5.96. The Morgan fingerprint density at radius 3 is 2.76 bits per heavy atom. The van der Waals surface area contributed by atoms with E-state index in [1.54, 1.807) is 50.6 Å². The summed E-state index contributed by atoms with van der Waals surface area (Å²) in [5, 5.41) is 15.4. The number of nitrogens with one attached hydrogen (secondary N) is 2. The number of nitriles is 1. The number of carbonyl (C=O) groups excluding carboxylic acids is 2. The van der Waals surface area contributed by atoms with Crippen molar-refractivity contribution in [2.24, 2.45) is 11.8 Å². The molecule has 2 aliphatic rings. The van der Waals surface area contributed by atoms with Gasteiger partial charge in [0, 0.05) is 26.8 Å². The fraction of sp³-hybridized carbons (Fsp3) is 0.417. The number of benzene rings is 1. The number of nitrogens with zero attached hydrogens (tertiary/aromatic N) is 3. The Kier molecular flexibility index (Phi) is 6.56. The standard InChI is InChI=1S/C24H26FN5O3/c1-30(2)24(32)18-11-17(18)23(31)29-22-10-15(5-8-28-22)14-3-4-20(16(9-14)12-26)33-21-6-7-27-13-19(21)25/h3-5,8-10,17-19,21,27H,6-7,11,13H2,1-2H3,(H,28,29,31)/t17?,18?,19-,21+/m1/s1. The lowest BCUT2D eigenvalue weighted by Crippen LogP contribution is -2.44. The van der Waals surface area contributed by atoms with E-state index >= 15 is 0 Å². The summed E-state index contributed by atoms with van der Waals surface area (Å²) in [6.07, 6.45) is 0.919. The first kappa shape index (κ1) is 22.7. The highest BCUT2D eigenvalue weighted by molar-refractivity contribution is 5.99. The molecule has 2 unspecified atom stereocenters. The normalized spacial score (nSPS) is 23.8. The maximum atomic E-state index is 14.1. The van der Waals surface area contributed by atoms with Gasteiger partial charge in [-0.2, -0.15) is 5.26 Å². The Bertz CT molecular complexity index is 1100. The Labute approximate surface area is 191 Å². The highest BCUT2D eigenvalue weighted by Gasteiger charge is 2.48. The summed E-state index contributed by atoms with van der Waals surface area (Å²) in [5.41, 5.74) is 1.81. The zero-order valence-corrected chi connectivity index (χ0v) is 18.5. The van der Waals surface area contributed by atoms with Crippen LogP contribution in [0.1, 0.15) is 18.4 Å². The number of hydrogen-bond donors (Lipinski definition) is 2. The van der Waals surface area contributed by atoms with Gasteiger partial charge in [0.2, 0.25) is 11.8 Å². The molecule has 33 heavy (non-hydrogen) atoms. The minimum atomic E-state index is -1.13. The van der Waals surface area contributed by atoms with Crippen LogP contribution in [0.5, 0.6) is 5.75 Å². The predicted molar refractivity (Wildman–Crippen MR) is 120 cm³/mol. The molecule has 1 aliphatic carbocycles. The van der Waals surface area contributed by atoms with Crippen LogP contribution in [-0.2, 0) is 9.59 Å². The molecule has 1 saturated heterocycles. The van der Waals surface area contributed by atoms with Crippen LogP contribution in [0.4, 0.5) is 10.2 Å². The minimum absolute atomic E-state index is 0.0493. The van der Waals surface area contributed by atoms with Crippen LogP contribution < -0.4 is 15.4 Å². The summed E-state index contributed by atoms with van der Waals surface area (Å²) in [7, 11) is 3.35. The second kappa shape index (κ2) is 9.55. The van der Waals surface area contributed by atoms with Crippen molar-refractivity contribution in [2.75, 3.05) is 32.5 Å². The van der Waals surface area contributed by atoms with Crippen LogP contribution >= 0.6 is 0 Å². The number of piperidine rings is 1. The van der Waals surface area contributed by atoms with E-state index in [2.05, 4.69) is 21.7 Å². The summed E-state index contributed by atoms with van der Waals surface area (Å²) in [6.45, 7) is 0.905. The van der Waals surface area contributed by atoms with Crippen LogP contribution in [0.3, 0.4) is 0 Å². The quantitative estimate of drug-likeness (QED) is 0.698. The fourth-order valence-electron chi connectivity index (χ4n) is 3.98. The maximum Gasteiger partial charge on any atom is 0.229 e. The predicted octanol–water partition coefficient (Wildman–Crippen LogP) is 2.36. The van der Waals surface area contributed by atoms with E-state index in [1.807, 2.05) is 0 Å². The molecule has 4 rings (SSSR count). The van der Waals surface area contributed by atoms with E-state index in [0.29, 0.717) is 36.5 Å². The molecule has 8 nitrogen and oxygen atoms in total. The number of anilines is 1. The molecule has 172 valence electrons. The van der Waals surface area contributed by atoms with Gasteiger partial charge in [0.1, 0.15) is 29.9 Å². The Hall–Kier alpha value is -3.51. The van der Waals surface area contributed by atoms with Crippen molar-refractivity contribution in [3.8, 4) is 22.9 Å². The molecule has 1 aliphatic heterocycles. The zero-order chi connectivity index (χ0) is 23.5. The van der Waals surface area contributed by atoms with E-state index in [4.69, 9.17) is 4.74 Å². The van der Waals surface area contributed by atoms with Gasteiger partial charge in [-0.05, 0) is 54.8 Å². The van der Waals surface area contributed by atoms with Gasteiger partial charge in [-0.1, -0.05) is 6.07 Å². The molecule has 0 radical (unpaired) electrons.